The van der Waals surface area contributed by atoms with Gasteiger partial charge >= 0.3 is 5.97 Å². The average molecular weight is 371 g/mol. The summed E-state index contributed by atoms with van der Waals surface area (Å²) in [6.07, 6.45) is 4.92. The Morgan fingerprint density at radius 3 is 2.73 bits per heavy atom. The monoisotopic (exact) mass is 370 g/mol. The molecule has 1 aliphatic carbocycles. The van der Waals surface area contributed by atoms with Crippen molar-refractivity contribution in [2.24, 2.45) is 10.9 Å². The lowest BCUT2D eigenvalue weighted by atomic mass is 9.88. The molecule has 1 unspecified atom stereocenters. The fraction of sp³-hybridized carbons (Fsp3) is 0.429. The van der Waals surface area contributed by atoms with Gasteiger partial charge in [-0.1, -0.05) is 19.1 Å². The number of carbonyl (C=O) groups excluding carboxylic acids is 1. The minimum absolute atomic E-state index is 0.241. The smallest absolute Gasteiger partial charge is 0.341 e. The van der Waals surface area contributed by atoms with Crippen molar-refractivity contribution in [1.82, 2.24) is 0 Å². The molecule has 0 N–H and O–H groups in total. The lowest BCUT2D eigenvalue weighted by molar-refractivity contribution is 0.0526. The normalized spacial score (nSPS) is 16.5. The maximum Gasteiger partial charge on any atom is 0.341 e. The number of nitrogens with zero attached hydrogens (tertiary/aromatic N) is 2. The number of carbonyl (C=O) groups is 1. The van der Waals surface area contributed by atoms with E-state index in [9.17, 15) is 4.79 Å². The van der Waals surface area contributed by atoms with Gasteiger partial charge in [0.05, 0.1) is 12.2 Å². The van der Waals surface area contributed by atoms with Crippen molar-refractivity contribution < 1.29 is 9.53 Å². The second kappa shape index (κ2) is 8.04. The van der Waals surface area contributed by atoms with Gasteiger partial charge < -0.3 is 9.64 Å². The highest BCUT2D eigenvalue weighted by Crippen LogP contribution is 2.41. The van der Waals surface area contributed by atoms with Crippen LogP contribution in [0.5, 0.6) is 0 Å². The third kappa shape index (κ3) is 3.98. The van der Waals surface area contributed by atoms with Gasteiger partial charge in [-0.15, -0.1) is 11.3 Å². The molecule has 3 rings (SSSR count). The quantitative estimate of drug-likeness (QED) is 0.557. The molecule has 0 saturated carbocycles. The summed E-state index contributed by atoms with van der Waals surface area (Å²) in [4.78, 5) is 20.5. The molecule has 26 heavy (non-hydrogen) atoms. The van der Waals surface area contributed by atoms with Gasteiger partial charge in [-0.25, -0.2) is 9.79 Å². The number of benzene rings is 1. The van der Waals surface area contributed by atoms with E-state index in [4.69, 9.17) is 4.74 Å². The molecule has 0 aliphatic heterocycles. The Morgan fingerprint density at radius 1 is 1.35 bits per heavy atom. The summed E-state index contributed by atoms with van der Waals surface area (Å²) in [5.74, 6) is 0.418. The van der Waals surface area contributed by atoms with Crippen LogP contribution in [0.4, 0.5) is 10.7 Å². The minimum Gasteiger partial charge on any atom is -0.462 e. The number of anilines is 1. The molecular weight excluding hydrogens is 344 g/mol. The summed E-state index contributed by atoms with van der Waals surface area (Å²) in [5.41, 5.74) is 4.00. The van der Waals surface area contributed by atoms with E-state index < -0.39 is 0 Å². The first kappa shape index (κ1) is 18.6. The zero-order valence-electron chi connectivity index (χ0n) is 15.9. The first-order chi connectivity index (χ1) is 12.5. The fourth-order valence-electron chi connectivity index (χ4n) is 3.23. The highest BCUT2D eigenvalue weighted by atomic mass is 32.1. The number of rotatable bonds is 5. The van der Waals surface area contributed by atoms with Gasteiger partial charge in [0.2, 0.25) is 0 Å². The van der Waals surface area contributed by atoms with Crippen molar-refractivity contribution in [2.75, 3.05) is 25.6 Å². The molecule has 1 aromatic carbocycles. The molecule has 1 atom stereocenters. The highest BCUT2D eigenvalue weighted by Gasteiger charge is 2.28. The predicted octanol–water partition coefficient (Wildman–Crippen LogP) is 4.87. The number of aliphatic imine (C=N–C) groups is 1. The van der Waals surface area contributed by atoms with Crippen LogP contribution in [0.1, 0.15) is 46.6 Å². The Kier molecular flexibility index (Phi) is 5.77. The van der Waals surface area contributed by atoms with Gasteiger partial charge in [0.15, 0.2) is 0 Å². The summed E-state index contributed by atoms with van der Waals surface area (Å²) in [6.45, 7) is 4.49. The number of thiophene rings is 1. The van der Waals surface area contributed by atoms with E-state index in [0.717, 1.165) is 41.1 Å². The zero-order chi connectivity index (χ0) is 18.7. The molecule has 0 bridgehead atoms. The van der Waals surface area contributed by atoms with Crippen LogP contribution in [0.25, 0.3) is 0 Å². The van der Waals surface area contributed by atoms with E-state index in [0.29, 0.717) is 18.1 Å². The van der Waals surface area contributed by atoms with E-state index in [1.807, 2.05) is 39.4 Å². The molecule has 0 radical (unpaired) electrons. The molecule has 4 nitrogen and oxygen atoms in total. The first-order valence-electron chi connectivity index (χ1n) is 9.12. The molecule has 2 aromatic rings. The predicted molar refractivity (Wildman–Crippen MR) is 109 cm³/mol. The molecule has 0 spiro atoms. The summed E-state index contributed by atoms with van der Waals surface area (Å²) >= 11 is 1.64. The van der Waals surface area contributed by atoms with Crippen LogP contribution in [0.2, 0.25) is 0 Å². The summed E-state index contributed by atoms with van der Waals surface area (Å²) in [5, 5.41) is 0.777. The molecule has 1 aromatic heterocycles. The van der Waals surface area contributed by atoms with E-state index in [-0.39, 0.29) is 5.97 Å². The Hall–Kier alpha value is -2.14. The lowest BCUT2D eigenvalue weighted by Crippen LogP contribution is -2.13. The molecular formula is C21H26N2O2S. The Morgan fingerprint density at radius 2 is 2.08 bits per heavy atom. The van der Waals surface area contributed by atoms with Crippen molar-refractivity contribution in [3.05, 3.63) is 45.8 Å². The largest absolute Gasteiger partial charge is 0.462 e. The summed E-state index contributed by atoms with van der Waals surface area (Å²) in [6, 6.07) is 8.21. The van der Waals surface area contributed by atoms with Crippen LogP contribution in [-0.4, -0.2) is 32.9 Å². The van der Waals surface area contributed by atoms with Crippen LogP contribution < -0.4 is 4.90 Å². The Labute approximate surface area is 159 Å². The van der Waals surface area contributed by atoms with Gasteiger partial charge in [0.1, 0.15) is 5.00 Å². The first-order valence-corrected chi connectivity index (χ1v) is 9.94. The standard InChI is InChI=1S/C21H26N2O2S/c1-5-25-21(24)19-17-11-6-14(2)12-18(17)26-20(19)22-13-15-7-9-16(10-8-15)23(3)4/h7-10,13-14H,5-6,11-12H2,1-4H3. The SMILES string of the molecule is CCOC(=O)c1c(N=Cc2ccc(N(C)C)cc2)sc2c1CCC(C)C2. The van der Waals surface area contributed by atoms with Gasteiger partial charge in [0.25, 0.3) is 0 Å². The average Bonchev–Trinajstić information content (AvgIpc) is 2.98. The Bertz CT molecular complexity index is 806. The maximum absolute atomic E-state index is 12.5. The van der Waals surface area contributed by atoms with Gasteiger partial charge in [-0.2, -0.15) is 0 Å². The number of esters is 1. The molecule has 0 amide bonds. The maximum atomic E-state index is 12.5. The van der Waals surface area contributed by atoms with Crippen molar-refractivity contribution in [3.63, 3.8) is 0 Å². The van der Waals surface area contributed by atoms with Gasteiger partial charge in [-0.05, 0) is 55.4 Å². The zero-order valence-corrected chi connectivity index (χ0v) is 16.7. The molecule has 0 saturated heterocycles. The topological polar surface area (TPSA) is 41.9 Å². The number of ether oxygens (including phenoxy) is 1. The van der Waals surface area contributed by atoms with Crippen molar-refractivity contribution in [3.8, 4) is 0 Å². The second-order valence-electron chi connectivity index (χ2n) is 7.00. The molecule has 1 heterocycles. The summed E-state index contributed by atoms with van der Waals surface area (Å²) < 4.78 is 5.30. The fourth-order valence-corrected chi connectivity index (χ4v) is 4.58. The van der Waals surface area contributed by atoms with E-state index in [2.05, 4.69) is 28.9 Å². The van der Waals surface area contributed by atoms with Crippen LogP contribution >= 0.6 is 11.3 Å². The van der Waals surface area contributed by atoms with E-state index in [1.54, 1.807) is 11.3 Å². The van der Waals surface area contributed by atoms with Crippen molar-refractivity contribution >= 4 is 34.2 Å². The third-order valence-corrected chi connectivity index (χ3v) is 5.88. The van der Waals surface area contributed by atoms with Gasteiger partial charge in [0, 0.05) is 30.9 Å². The minimum atomic E-state index is -0.241. The molecule has 0 fully saturated rings. The van der Waals surface area contributed by atoms with Crippen LogP contribution in [-0.2, 0) is 17.6 Å². The third-order valence-electron chi connectivity index (χ3n) is 4.71. The second-order valence-corrected chi connectivity index (χ2v) is 8.08. The molecule has 5 heteroatoms. The van der Waals surface area contributed by atoms with E-state index in [1.165, 1.54) is 4.88 Å². The Balaban J connectivity index is 1.92. The molecule has 138 valence electrons. The van der Waals surface area contributed by atoms with E-state index >= 15 is 0 Å². The van der Waals surface area contributed by atoms with Crippen LogP contribution in [0.3, 0.4) is 0 Å². The number of fused-ring (bicyclic) bond motifs is 1. The number of hydrogen-bond donors (Lipinski definition) is 0. The van der Waals surface area contributed by atoms with Crippen LogP contribution in [0.15, 0.2) is 29.3 Å². The van der Waals surface area contributed by atoms with Crippen molar-refractivity contribution in [2.45, 2.75) is 33.1 Å². The summed E-state index contributed by atoms with van der Waals surface area (Å²) in [7, 11) is 4.04. The molecule has 1 aliphatic rings. The lowest BCUT2D eigenvalue weighted by Gasteiger charge is -2.18. The van der Waals surface area contributed by atoms with Crippen molar-refractivity contribution in [1.29, 1.82) is 0 Å². The van der Waals surface area contributed by atoms with Gasteiger partial charge in [-0.3, -0.25) is 0 Å². The highest BCUT2D eigenvalue weighted by molar-refractivity contribution is 7.16. The van der Waals surface area contributed by atoms with Crippen LogP contribution in [0, 0.1) is 5.92 Å². The number of hydrogen-bond acceptors (Lipinski definition) is 5.